The van der Waals surface area contributed by atoms with E-state index in [2.05, 4.69) is 10.2 Å². The van der Waals surface area contributed by atoms with Crippen LogP contribution in [0.5, 0.6) is 0 Å². The maximum absolute atomic E-state index is 13.3. The van der Waals surface area contributed by atoms with E-state index in [1.54, 1.807) is 29.9 Å². The fourth-order valence-corrected chi connectivity index (χ4v) is 4.93. The molecule has 2 aliphatic rings. The van der Waals surface area contributed by atoms with Crippen LogP contribution in [-0.4, -0.2) is 60.4 Å². The van der Waals surface area contributed by atoms with Crippen molar-refractivity contribution in [2.45, 2.75) is 18.6 Å². The van der Waals surface area contributed by atoms with Gasteiger partial charge in [-0.25, -0.2) is 4.39 Å². The number of aliphatic hydroxyl groups excluding tert-OH is 1. The molecule has 1 aromatic heterocycles. The summed E-state index contributed by atoms with van der Waals surface area (Å²) in [5.74, 6) is -1.25. The normalized spacial score (nSPS) is 25.2. The first-order valence-electron chi connectivity index (χ1n) is 10.1. The molecular weight excluding hydrogens is 389 g/mol. The number of nitrogens with zero attached hydrogens (tertiary/aromatic N) is 2. The lowest BCUT2D eigenvalue weighted by Gasteiger charge is -2.35. The molecule has 2 aliphatic heterocycles. The summed E-state index contributed by atoms with van der Waals surface area (Å²) in [5, 5.41) is 13.0. The first-order chi connectivity index (χ1) is 14.5. The zero-order valence-corrected chi connectivity index (χ0v) is 17.0. The topological polar surface area (TPSA) is 83.8 Å². The minimum absolute atomic E-state index is 0.133. The number of methoxy groups -OCH3 is 1. The summed E-state index contributed by atoms with van der Waals surface area (Å²) in [6.07, 6.45) is 0. The quantitative estimate of drug-likeness (QED) is 0.688. The van der Waals surface area contributed by atoms with Crippen LogP contribution in [0.25, 0.3) is 11.1 Å². The van der Waals surface area contributed by atoms with E-state index in [0.29, 0.717) is 30.8 Å². The Morgan fingerprint density at radius 1 is 1.27 bits per heavy atom. The summed E-state index contributed by atoms with van der Waals surface area (Å²) in [7, 11) is 3.50. The molecule has 0 saturated carbocycles. The van der Waals surface area contributed by atoms with Gasteiger partial charge in [0.05, 0.1) is 18.6 Å². The number of pyridine rings is 1. The molecule has 160 valence electrons. The van der Waals surface area contributed by atoms with Crippen molar-refractivity contribution in [1.82, 2.24) is 14.8 Å². The van der Waals surface area contributed by atoms with E-state index in [1.165, 1.54) is 12.1 Å². The standard InChI is InChI=1S/C22H26FN3O4/c1-25-18-11-26-17(8-7-15(22(26)29)13-3-5-14(23)6-4-13)20(25)19(16(18)12-27)21(28)24-9-10-30-2/h3-8,16,18-20,27H,9-12H2,1-2H3,(H,24,28)/t16-,18-,19+,20+/m0/s1. The molecule has 2 aromatic rings. The fraction of sp³-hybridized carbons (Fsp3) is 0.455. The van der Waals surface area contributed by atoms with Crippen molar-refractivity contribution in [3.05, 3.63) is 58.3 Å². The number of amides is 1. The van der Waals surface area contributed by atoms with Gasteiger partial charge in [0.15, 0.2) is 0 Å². The number of aromatic nitrogens is 1. The lowest BCUT2D eigenvalue weighted by molar-refractivity contribution is -0.127. The molecule has 1 aromatic carbocycles. The number of carbonyl (C=O) groups excluding carboxylic acids is 1. The van der Waals surface area contributed by atoms with Crippen molar-refractivity contribution in [2.75, 3.05) is 33.9 Å². The highest BCUT2D eigenvalue weighted by Crippen LogP contribution is 2.47. The molecule has 2 bridgehead atoms. The molecule has 30 heavy (non-hydrogen) atoms. The van der Waals surface area contributed by atoms with Crippen LogP contribution in [0.2, 0.25) is 0 Å². The summed E-state index contributed by atoms with van der Waals surface area (Å²) >= 11 is 0. The minimum atomic E-state index is -0.466. The minimum Gasteiger partial charge on any atom is -0.396 e. The second-order valence-corrected chi connectivity index (χ2v) is 7.93. The van der Waals surface area contributed by atoms with E-state index in [0.717, 1.165) is 5.69 Å². The van der Waals surface area contributed by atoms with E-state index < -0.39 is 5.92 Å². The number of fused-ring (bicyclic) bond motifs is 4. The molecule has 1 saturated heterocycles. The number of halogens is 1. The van der Waals surface area contributed by atoms with Crippen molar-refractivity contribution in [1.29, 1.82) is 0 Å². The van der Waals surface area contributed by atoms with Gasteiger partial charge >= 0.3 is 0 Å². The van der Waals surface area contributed by atoms with E-state index in [-0.39, 0.29) is 41.9 Å². The van der Waals surface area contributed by atoms with Gasteiger partial charge in [-0.15, -0.1) is 0 Å². The van der Waals surface area contributed by atoms with Crippen LogP contribution in [0.4, 0.5) is 4.39 Å². The highest BCUT2D eigenvalue weighted by atomic mass is 19.1. The Hall–Kier alpha value is -2.55. The third kappa shape index (κ3) is 3.34. The monoisotopic (exact) mass is 415 g/mol. The highest BCUT2D eigenvalue weighted by Gasteiger charge is 2.54. The molecule has 0 unspecified atom stereocenters. The zero-order chi connectivity index (χ0) is 21.4. The van der Waals surface area contributed by atoms with Gasteiger partial charge in [0.25, 0.3) is 5.56 Å². The lowest BCUT2D eigenvalue weighted by atomic mass is 9.86. The number of hydrogen-bond donors (Lipinski definition) is 2. The Balaban J connectivity index is 1.73. The van der Waals surface area contributed by atoms with Crippen molar-refractivity contribution in [3.63, 3.8) is 0 Å². The van der Waals surface area contributed by atoms with Crippen molar-refractivity contribution >= 4 is 5.91 Å². The molecule has 7 nitrogen and oxygen atoms in total. The molecule has 0 aliphatic carbocycles. The molecule has 4 atom stereocenters. The van der Waals surface area contributed by atoms with Crippen molar-refractivity contribution in [3.8, 4) is 11.1 Å². The Bertz CT molecular complexity index is 991. The van der Waals surface area contributed by atoms with E-state index >= 15 is 0 Å². The first kappa shape index (κ1) is 20.7. The van der Waals surface area contributed by atoms with Gasteiger partial charge < -0.3 is 19.7 Å². The summed E-state index contributed by atoms with van der Waals surface area (Å²) in [6, 6.07) is 9.01. The molecule has 8 heteroatoms. The van der Waals surface area contributed by atoms with Crippen molar-refractivity contribution < 1.29 is 19.0 Å². The summed E-state index contributed by atoms with van der Waals surface area (Å²) < 4.78 is 20.0. The number of ether oxygens (including phenoxy) is 1. The molecule has 0 spiro atoms. The third-order valence-electron chi connectivity index (χ3n) is 6.41. The molecule has 1 fully saturated rings. The molecular formula is C22H26FN3O4. The molecule has 0 radical (unpaired) electrons. The average Bonchev–Trinajstić information content (AvgIpc) is 2.91. The van der Waals surface area contributed by atoms with Crippen LogP contribution >= 0.6 is 0 Å². The Labute approximate surface area is 174 Å². The predicted molar refractivity (Wildman–Crippen MR) is 109 cm³/mol. The second-order valence-electron chi connectivity index (χ2n) is 7.93. The maximum atomic E-state index is 13.3. The number of aliphatic hydroxyl groups is 1. The van der Waals surface area contributed by atoms with Crippen LogP contribution in [0.1, 0.15) is 11.7 Å². The van der Waals surface area contributed by atoms with E-state index in [9.17, 15) is 19.1 Å². The number of rotatable bonds is 6. The molecule has 3 heterocycles. The third-order valence-corrected chi connectivity index (χ3v) is 6.41. The van der Waals surface area contributed by atoms with Gasteiger partial charge in [-0.2, -0.15) is 0 Å². The van der Waals surface area contributed by atoms with Crippen LogP contribution in [0, 0.1) is 17.7 Å². The summed E-state index contributed by atoms with van der Waals surface area (Å²) in [5.41, 5.74) is 1.73. The summed E-state index contributed by atoms with van der Waals surface area (Å²) in [4.78, 5) is 28.3. The Morgan fingerprint density at radius 3 is 2.67 bits per heavy atom. The fourth-order valence-electron chi connectivity index (χ4n) is 4.93. The van der Waals surface area contributed by atoms with Gasteiger partial charge in [-0.05, 0) is 36.9 Å². The molecule has 4 rings (SSSR count). The van der Waals surface area contributed by atoms with Crippen LogP contribution < -0.4 is 10.9 Å². The van der Waals surface area contributed by atoms with Crippen LogP contribution in [0.3, 0.4) is 0 Å². The van der Waals surface area contributed by atoms with Gasteiger partial charge in [-0.3, -0.25) is 14.5 Å². The Kier molecular flexibility index (Phi) is 5.73. The SMILES string of the molecule is COCCNC(=O)[C@@H]1[C@@H](CO)[C@@H]2Cn3c(ccc(-c4ccc(F)cc4)c3=O)[C@H]1N2C. The van der Waals surface area contributed by atoms with Gasteiger partial charge in [0, 0.05) is 50.0 Å². The average molecular weight is 415 g/mol. The first-order valence-corrected chi connectivity index (χ1v) is 10.1. The second kappa shape index (κ2) is 8.29. The molecule has 1 amide bonds. The van der Waals surface area contributed by atoms with Gasteiger partial charge in [0.2, 0.25) is 5.91 Å². The van der Waals surface area contributed by atoms with Crippen LogP contribution in [-0.2, 0) is 16.1 Å². The van der Waals surface area contributed by atoms with E-state index in [1.807, 2.05) is 13.1 Å². The van der Waals surface area contributed by atoms with E-state index in [4.69, 9.17) is 4.74 Å². The van der Waals surface area contributed by atoms with Crippen molar-refractivity contribution in [2.24, 2.45) is 11.8 Å². The maximum Gasteiger partial charge on any atom is 0.258 e. The largest absolute Gasteiger partial charge is 0.396 e. The molecule has 2 N–H and O–H groups in total. The Morgan fingerprint density at radius 2 is 2.00 bits per heavy atom. The number of hydrogen-bond acceptors (Lipinski definition) is 5. The number of likely N-dealkylation sites (N-methyl/N-ethyl adjacent to an activating group) is 1. The number of carbonyl (C=O) groups is 1. The smallest absolute Gasteiger partial charge is 0.258 e. The highest BCUT2D eigenvalue weighted by molar-refractivity contribution is 5.80. The number of nitrogens with one attached hydrogen (secondary N) is 1. The van der Waals surface area contributed by atoms with Gasteiger partial charge in [0.1, 0.15) is 5.82 Å². The summed E-state index contributed by atoms with van der Waals surface area (Å²) in [6.45, 7) is 1.05. The number of benzene rings is 1. The predicted octanol–water partition coefficient (Wildman–Crippen LogP) is 1.01. The lowest BCUT2D eigenvalue weighted by Crippen LogP contribution is -2.44. The zero-order valence-electron chi connectivity index (χ0n) is 17.0. The van der Waals surface area contributed by atoms with Gasteiger partial charge in [-0.1, -0.05) is 12.1 Å². The van der Waals surface area contributed by atoms with Crippen LogP contribution in [0.15, 0.2) is 41.2 Å².